The fourth-order valence-electron chi connectivity index (χ4n) is 5.30. The Bertz CT molecular complexity index is 846. The SMILES string of the molecule is O=C1CCC(N2Cc3cccc(CN4CCC45CCCNC5)c3C2=O)C(=O)N1. The lowest BCUT2D eigenvalue weighted by Crippen LogP contribution is -2.65. The molecule has 2 atom stereocenters. The Kier molecular flexibility index (Phi) is 4.25. The predicted molar refractivity (Wildman–Crippen MR) is 102 cm³/mol. The van der Waals surface area contributed by atoms with E-state index in [-0.39, 0.29) is 29.7 Å². The fourth-order valence-corrected chi connectivity index (χ4v) is 5.30. The second-order valence-corrected chi connectivity index (χ2v) is 8.53. The molecule has 1 aromatic carbocycles. The van der Waals surface area contributed by atoms with Gasteiger partial charge in [0.1, 0.15) is 6.04 Å². The van der Waals surface area contributed by atoms with Crippen LogP contribution in [0.15, 0.2) is 18.2 Å². The van der Waals surface area contributed by atoms with Crippen LogP contribution in [-0.2, 0) is 22.7 Å². The van der Waals surface area contributed by atoms with E-state index >= 15 is 0 Å². The first-order valence-electron chi connectivity index (χ1n) is 10.3. The molecule has 0 saturated carbocycles. The summed E-state index contributed by atoms with van der Waals surface area (Å²) in [5, 5.41) is 5.89. The zero-order valence-electron chi connectivity index (χ0n) is 16.0. The van der Waals surface area contributed by atoms with E-state index in [4.69, 9.17) is 0 Å². The number of amides is 3. The van der Waals surface area contributed by atoms with Gasteiger partial charge < -0.3 is 10.2 Å². The van der Waals surface area contributed by atoms with Crippen LogP contribution in [0.4, 0.5) is 0 Å². The largest absolute Gasteiger partial charge is 0.322 e. The molecule has 2 N–H and O–H groups in total. The third-order valence-corrected chi connectivity index (χ3v) is 6.97. The van der Waals surface area contributed by atoms with Crippen molar-refractivity contribution in [2.75, 3.05) is 19.6 Å². The molecule has 0 radical (unpaired) electrons. The van der Waals surface area contributed by atoms with Gasteiger partial charge in [0.15, 0.2) is 0 Å². The van der Waals surface area contributed by atoms with E-state index in [0.717, 1.165) is 42.9 Å². The summed E-state index contributed by atoms with van der Waals surface area (Å²) in [6, 6.07) is 5.49. The highest BCUT2D eigenvalue weighted by Gasteiger charge is 2.46. The van der Waals surface area contributed by atoms with Gasteiger partial charge in [-0.15, -0.1) is 0 Å². The molecule has 3 saturated heterocycles. The van der Waals surface area contributed by atoms with Gasteiger partial charge in [0.05, 0.1) is 0 Å². The van der Waals surface area contributed by atoms with E-state index in [1.807, 2.05) is 18.2 Å². The Balaban J connectivity index is 1.37. The molecule has 3 fully saturated rings. The highest BCUT2D eigenvalue weighted by Crippen LogP contribution is 2.39. The smallest absolute Gasteiger partial charge is 0.255 e. The molecule has 1 aromatic rings. The second kappa shape index (κ2) is 6.67. The molecule has 0 aliphatic carbocycles. The summed E-state index contributed by atoms with van der Waals surface area (Å²) in [5.74, 6) is -0.680. The Morgan fingerprint density at radius 2 is 2.07 bits per heavy atom. The molecule has 28 heavy (non-hydrogen) atoms. The summed E-state index contributed by atoms with van der Waals surface area (Å²) < 4.78 is 0. The summed E-state index contributed by atoms with van der Waals surface area (Å²) in [6.45, 7) is 4.41. The summed E-state index contributed by atoms with van der Waals surface area (Å²) in [4.78, 5) is 41.1. The molecular formula is C21H26N4O3. The van der Waals surface area contributed by atoms with Gasteiger partial charge in [0, 0.05) is 43.7 Å². The predicted octanol–water partition coefficient (Wildman–Crippen LogP) is 0.776. The van der Waals surface area contributed by atoms with Gasteiger partial charge >= 0.3 is 0 Å². The molecule has 5 rings (SSSR count). The summed E-state index contributed by atoms with van der Waals surface area (Å²) in [6.07, 6.45) is 4.32. The van der Waals surface area contributed by atoms with Crippen LogP contribution in [0.1, 0.15) is 53.6 Å². The normalized spacial score (nSPS) is 30.4. The van der Waals surface area contributed by atoms with Crippen LogP contribution in [0.25, 0.3) is 0 Å². The van der Waals surface area contributed by atoms with Gasteiger partial charge in [-0.3, -0.25) is 24.6 Å². The minimum atomic E-state index is -0.552. The van der Waals surface area contributed by atoms with Crippen LogP contribution in [0.2, 0.25) is 0 Å². The molecular weight excluding hydrogens is 356 g/mol. The number of nitrogens with one attached hydrogen (secondary N) is 2. The Morgan fingerprint density at radius 1 is 1.18 bits per heavy atom. The number of hydrogen-bond donors (Lipinski definition) is 2. The number of likely N-dealkylation sites (tertiary alicyclic amines) is 1. The lowest BCUT2D eigenvalue weighted by atomic mass is 9.78. The number of carbonyl (C=O) groups is 3. The first kappa shape index (κ1) is 17.8. The quantitative estimate of drug-likeness (QED) is 0.755. The number of imide groups is 1. The van der Waals surface area contributed by atoms with Crippen LogP contribution in [0.3, 0.4) is 0 Å². The van der Waals surface area contributed by atoms with Gasteiger partial charge in [0.2, 0.25) is 11.8 Å². The Labute approximate surface area is 164 Å². The third kappa shape index (κ3) is 2.76. The van der Waals surface area contributed by atoms with Crippen LogP contribution in [-0.4, -0.2) is 58.7 Å². The monoisotopic (exact) mass is 382 g/mol. The lowest BCUT2D eigenvalue weighted by Gasteiger charge is -2.55. The zero-order chi connectivity index (χ0) is 19.3. The highest BCUT2D eigenvalue weighted by atomic mass is 16.2. The van der Waals surface area contributed by atoms with E-state index in [9.17, 15) is 14.4 Å². The fraction of sp³-hybridized carbons (Fsp3) is 0.571. The molecule has 4 aliphatic heterocycles. The van der Waals surface area contributed by atoms with Gasteiger partial charge in [-0.05, 0) is 43.4 Å². The first-order chi connectivity index (χ1) is 13.6. The van der Waals surface area contributed by atoms with Crippen molar-refractivity contribution in [2.45, 2.75) is 56.8 Å². The van der Waals surface area contributed by atoms with Crippen LogP contribution >= 0.6 is 0 Å². The van der Waals surface area contributed by atoms with Crippen molar-refractivity contribution < 1.29 is 14.4 Å². The average Bonchev–Trinajstić information content (AvgIpc) is 3.03. The highest BCUT2D eigenvalue weighted by molar-refractivity contribution is 6.06. The number of nitrogens with zero attached hydrogens (tertiary/aromatic N) is 2. The molecule has 4 heterocycles. The topological polar surface area (TPSA) is 81.8 Å². The summed E-state index contributed by atoms with van der Waals surface area (Å²) in [5.41, 5.74) is 3.05. The van der Waals surface area contributed by atoms with E-state index in [2.05, 4.69) is 15.5 Å². The molecule has 3 amide bonds. The lowest BCUT2D eigenvalue weighted by molar-refractivity contribution is -0.136. The molecule has 4 aliphatic rings. The van der Waals surface area contributed by atoms with Crippen LogP contribution < -0.4 is 10.6 Å². The van der Waals surface area contributed by atoms with Crippen molar-refractivity contribution in [2.24, 2.45) is 0 Å². The van der Waals surface area contributed by atoms with Crippen molar-refractivity contribution in [3.8, 4) is 0 Å². The molecule has 7 nitrogen and oxygen atoms in total. The van der Waals surface area contributed by atoms with E-state index in [1.54, 1.807) is 4.90 Å². The van der Waals surface area contributed by atoms with Gasteiger partial charge in [0.25, 0.3) is 5.91 Å². The van der Waals surface area contributed by atoms with Crippen LogP contribution in [0, 0.1) is 0 Å². The minimum absolute atomic E-state index is 0.0727. The minimum Gasteiger partial charge on any atom is -0.322 e. The standard InChI is InChI=1S/C21H26N4O3/c26-17-6-5-16(19(27)23-17)25-12-15-4-1-3-14(18(15)20(25)28)11-24-10-8-21(24)7-2-9-22-13-21/h1,3-4,16,22H,2,5-13H2,(H,23,26,27). The van der Waals surface area contributed by atoms with E-state index in [0.29, 0.717) is 13.0 Å². The number of benzene rings is 1. The third-order valence-electron chi connectivity index (χ3n) is 6.97. The zero-order valence-corrected chi connectivity index (χ0v) is 16.0. The van der Waals surface area contributed by atoms with Crippen molar-refractivity contribution in [1.82, 2.24) is 20.4 Å². The summed E-state index contributed by atoms with van der Waals surface area (Å²) >= 11 is 0. The van der Waals surface area contributed by atoms with Gasteiger partial charge in [-0.2, -0.15) is 0 Å². The molecule has 0 bridgehead atoms. The number of piperidine rings is 2. The maximum absolute atomic E-state index is 13.2. The Hall–Kier alpha value is -2.25. The molecule has 2 unspecified atom stereocenters. The van der Waals surface area contributed by atoms with E-state index in [1.165, 1.54) is 19.3 Å². The molecule has 7 heteroatoms. The van der Waals surface area contributed by atoms with Gasteiger partial charge in [-0.25, -0.2) is 0 Å². The number of fused-ring (bicyclic) bond motifs is 1. The number of hydrogen-bond acceptors (Lipinski definition) is 5. The first-order valence-corrected chi connectivity index (χ1v) is 10.3. The van der Waals surface area contributed by atoms with Crippen molar-refractivity contribution in [1.29, 1.82) is 0 Å². The Morgan fingerprint density at radius 3 is 2.79 bits per heavy atom. The maximum Gasteiger partial charge on any atom is 0.255 e. The van der Waals surface area contributed by atoms with Crippen molar-refractivity contribution in [3.05, 3.63) is 34.9 Å². The average molecular weight is 382 g/mol. The molecule has 0 aromatic heterocycles. The molecule has 148 valence electrons. The van der Waals surface area contributed by atoms with Crippen LogP contribution in [0.5, 0.6) is 0 Å². The number of carbonyl (C=O) groups excluding carboxylic acids is 3. The van der Waals surface area contributed by atoms with Crippen molar-refractivity contribution in [3.63, 3.8) is 0 Å². The molecule has 1 spiro atoms. The van der Waals surface area contributed by atoms with Gasteiger partial charge in [-0.1, -0.05) is 18.2 Å². The maximum atomic E-state index is 13.2. The van der Waals surface area contributed by atoms with Crippen molar-refractivity contribution >= 4 is 17.7 Å². The van der Waals surface area contributed by atoms with E-state index < -0.39 is 6.04 Å². The second-order valence-electron chi connectivity index (χ2n) is 8.53. The summed E-state index contributed by atoms with van der Waals surface area (Å²) in [7, 11) is 0. The number of rotatable bonds is 3.